The number of benzene rings is 1. The summed E-state index contributed by atoms with van der Waals surface area (Å²) in [4.78, 5) is 36.1. The second kappa shape index (κ2) is 6.61. The topological polar surface area (TPSA) is 54.5 Å². The molecule has 0 N–H and O–H groups in total. The molecule has 1 atom stereocenters. The summed E-state index contributed by atoms with van der Waals surface area (Å²) in [6.07, 6.45) is 0.0284. The van der Waals surface area contributed by atoms with Gasteiger partial charge in [-0.2, -0.15) is 0 Å². The van der Waals surface area contributed by atoms with Crippen molar-refractivity contribution in [1.82, 2.24) is 4.90 Å². The first-order valence-corrected chi connectivity index (χ1v) is 7.09. The van der Waals surface area contributed by atoms with Crippen LogP contribution in [0.4, 0.5) is 4.39 Å². The number of halogens is 1. The molecule has 2 amide bonds. The Kier molecular flexibility index (Phi) is 4.83. The number of hydrogen-bond donors (Lipinski definition) is 0. The molecule has 0 saturated carbocycles. The standard InChI is InChI=1S/C16H18FNO3/c1-11(19)8-9-12(17)5-4-10-18-15(20)13-6-2-3-7-14(13)16(18)21/h2-3,6-7,12H,4-5,8-10H2,1H3. The summed E-state index contributed by atoms with van der Waals surface area (Å²) in [7, 11) is 0. The van der Waals surface area contributed by atoms with Crippen molar-refractivity contribution in [2.75, 3.05) is 6.54 Å². The SMILES string of the molecule is CC(=O)CCC(F)CCCN1C(=O)c2ccccc2C1=O. The van der Waals surface area contributed by atoms with Gasteiger partial charge >= 0.3 is 0 Å². The zero-order valence-electron chi connectivity index (χ0n) is 12.0. The number of Topliss-reactive ketones (excluding diaryl/α,β-unsaturated/α-hetero) is 1. The van der Waals surface area contributed by atoms with Gasteiger partial charge < -0.3 is 4.79 Å². The second-order valence-electron chi connectivity index (χ2n) is 5.29. The van der Waals surface area contributed by atoms with Gasteiger partial charge in [-0.15, -0.1) is 0 Å². The molecule has 112 valence electrons. The van der Waals surface area contributed by atoms with Crippen molar-refractivity contribution < 1.29 is 18.8 Å². The van der Waals surface area contributed by atoms with E-state index < -0.39 is 6.17 Å². The molecule has 0 aromatic heterocycles. The van der Waals surface area contributed by atoms with E-state index in [-0.39, 0.29) is 43.4 Å². The van der Waals surface area contributed by atoms with Gasteiger partial charge in [0.1, 0.15) is 12.0 Å². The maximum Gasteiger partial charge on any atom is 0.261 e. The average molecular weight is 291 g/mol. The van der Waals surface area contributed by atoms with E-state index in [9.17, 15) is 18.8 Å². The number of carbonyl (C=O) groups is 3. The van der Waals surface area contributed by atoms with E-state index >= 15 is 0 Å². The molecule has 0 spiro atoms. The first-order valence-electron chi connectivity index (χ1n) is 7.09. The van der Waals surface area contributed by atoms with Crippen LogP contribution in [0.5, 0.6) is 0 Å². The summed E-state index contributed by atoms with van der Waals surface area (Å²) in [6, 6.07) is 6.68. The zero-order valence-corrected chi connectivity index (χ0v) is 12.0. The Balaban J connectivity index is 1.84. The molecular formula is C16H18FNO3. The second-order valence-corrected chi connectivity index (χ2v) is 5.29. The Morgan fingerprint density at radius 2 is 1.71 bits per heavy atom. The van der Waals surface area contributed by atoms with E-state index in [1.165, 1.54) is 11.8 Å². The van der Waals surface area contributed by atoms with E-state index in [4.69, 9.17) is 0 Å². The molecule has 2 rings (SSSR count). The van der Waals surface area contributed by atoms with E-state index in [0.29, 0.717) is 17.5 Å². The van der Waals surface area contributed by atoms with Crippen LogP contribution in [0.1, 0.15) is 53.3 Å². The third kappa shape index (κ3) is 3.54. The van der Waals surface area contributed by atoms with Gasteiger partial charge in [-0.05, 0) is 38.3 Å². The molecule has 0 radical (unpaired) electrons. The highest BCUT2D eigenvalue weighted by atomic mass is 19.1. The lowest BCUT2D eigenvalue weighted by molar-refractivity contribution is -0.117. The zero-order chi connectivity index (χ0) is 15.4. The number of imide groups is 1. The summed E-state index contributed by atoms with van der Waals surface area (Å²) in [6.45, 7) is 1.65. The minimum Gasteiger partial charge on any atom is -0.300 e. The fourth-order valence-corrected chi connectivity index (χ4v) is 2.42. The van der Waals surface area contributed by atoms with Crippen LogP contribution in [0.3, 0.4) is 0 Å². The lowest BCUT2D eigenvalue weighted by atomic mass is 10.1. The summed E-state index contributed by atoms with van der Waals surface area (Å²) in [5.74, 6) is -0.650. The molecule has 0 saturated heterocycles. The third-order valence-corrected chi connectivity index (χ3v) is 3.59. The third-order valence-electron chi connectivity index (χ3n) is 3.59. The van der Waals surface area contributed by atoms with E-state index in [0.717, 1.165) is 0 Å². The first-order chi connectivity index (χ1) is 10.0. The number of carbonyl (C=O) groups excluding carboxylic acids is 3. The largest absolute Gasteiger partial charge is 0.300 e. The fourth-order valence-electron chi connectivity index (χ4n) is 2.42. The number of alkyl halides is 1. The molecule has 1 aliphatic rings. The van der Waals surface area contributed by atoms with Crippen LogP contribution in [0.25, 0.3) is 0 Å². The van der Waals surface area contributed by atoms with Crippen LogP contribution < -0.4 is 0 Å². The highest BCUT2D eigenvalue weighted by Gasteiger charge is 2.34. The summed E-state index contributed by atoms with van der Waals surface area (Å²) in [5, 5.41) is 0. The molecule has 0 bridgehead atoms. The number of amides is 2. The van der Waals surface area contributed by atoms with Crippen molar-refractivity contribution >= 4 is 17.6 Å². The van der Waals surface area contributed by atoms with Gasteiger partial charge in [0, 0.05) is 13.0 Å². The molecule has 21 heavy (non-hydrogen) atoms. The molecular weight excluding hydrogens is 273 g/mol. The smallest absolute Gasteiger partial charge is 0.261 e. The Labute approximate surface area is 122 Å². The normalized spacial score (nSPS) is 15.2. The predicted octanol–water partition coefficient (Wildman–Crippen LogP) is 2.77. The Morgan fingerprint density at radius 3 is 2.24 bits per heavy atom. The monoisotopic (exact) mass is 291 g/mol. The summed E-state index contributed by atoms with van der Waals surface area (Å²) in [5.41, 5.74) is 0.826. The van der Waals surface area contributed by atoms with Gasteiger partial charge in [0.25, 0.3) is 11.8 Å². The maximum atomic E-state index is 13.6. The van der Waals surface area contributed by atoms with Crippen LogP contribution >= 0.6 is 0 Å². The number of fused-ring (bicyclic) bond motifs is 1. The van der Waals surface area contributed by atoms with Gasteiger partial charge in [-0.1, -0.05) is 12.1 Å². The minimum atomic E-state index is -1.07. The number of ketones is 1. The molecule has 0 fully saturated rings. The van der Waals surface area contributed by atoms with Crippen molar-refractivity contribution in [2.24, 2.45) is 0 Å². The number of nitrogens with zero attached hydrogens (tertiary/aromatic N) is 1. The average Bonchev–Trinajstić information content (AvgIpc) is 2.70. The van der Waals surface area contributed by atoms with Crippen molar-refractivity contribution in [3.8, 4) is 0 Å². The van der Waals surface area contributed by atoms with Gasteiger partial charge in [-0.3, -0.25) is 14.5 Å². The lowest BCUT2D eigenvalue weighted by Gasteiger charge is -2.14. The van der Waals surface area contributed by atoms with Gasteiger partial charge in [0.2, 0.25) is 0 Å². The summed E-state index contributed by atoms with van der Waals surface area (Å²) >= 11 is 0. The molecule has 5 heteroatoms. The van der Waals surface area contributed by atoms with Crippen LogP contribution in [0, 0.1) is 0 Å². The van der Waals surface area contributed by atoms with Crippen molar-refractivity contribution in [1.29, 1.82) is 0 Å². The van der Waals surface area contributed by atoms with E-state index in [1.807, 2.05) is 0 Å². The predicted molar refractivity (Wildman–Crippen MR) is 75.9 cm³/mol. The Bertz CT molecular complexity index is 535. The van der Waals surface area contributed by atoms with Crippen LogP contribution in [-0.2, 0) is 4.79 Å². The molecule has 1 aromatic rings. The lowest BCUT2D eigenvalue weighted by Crippen LogP contribution is -2.31. The molecule has 4 nitrogen and oxygen atoms in total. The number of hydrogen-bond acceptors (Lipinski definition) is 3. The Morgan fingerprint density at radius 1 is 1.14 bits per heavy atom. The Hall–Kier alpha value is -2.04. The molecule has 0 aliphatic carbocycles. The van der Waals surface area contributed by atoms with Gasteiger partial charge in [0.15, 0.2) is 0 Å². The van der Waals surface area contributed by atoms with Crippen LogP contribution in [0.15, 0.2) is 24.3 Å². The van der Waals surface area contributed by atoms with E-state index in [2.05, 4.69) is 0 Å². The molecule has 1 heterocycles. The van der Waals surface area contributed by atoms with Crippen molar-refractivity contribution in [2.45, 2.75) is 38.8 Å². The van der Waals surface area contributed by atoms with Gasteiger partial charge in [0.05, 0.1) is 11.1 Å². The van der Waals surface area contributed by atoms with Crippen LogP contribution in [-0.4, -0.2) is 35.2 Å². The number of rotatable bonds is 7. The maximum absolute atomic E-state index is 13.6. The quantitative estimate of drug-likeness (QED) is 0.726. The highest BCUT2D eigenvalue weighted by Crippen LogP contribution is 2.23. The molecule has 1 aliphatic heterocycles. The van der Waals surface area contributed by atoms with Gasteiger partial charge in [-0.25, -0.2) is 4.39 Å². The summed E-state index contributed by atoms with van der Waals surface area (Å²) < 4.78 is 13.6. The van der Waals surface area contributed by atoms with Crippen LogP contribution in [0.2, 0.25) is 0 Å². The molecule has 1 unspecified atom stereocenters. The molecule has 1 aromatic carbocycles. The minimum absolute atomic E-state index is 0.0296. The fraction of sp³-hybridized carbons (Fsp3) is 0.438. The highest BCUT2D eigenvalue weighted by molar-refractivity contribution is 6.21. The van der Waals surface area contributed by atoms with Crippen molar-refractivity contribution in [3.05, 3.63) is 35.4 Å². The first kappa shape index (κ1) is 15.4. The van der Waals surface area contributed by atoms with E-state index in [1.54, 1.807) is 24.3 Å². The van der Waals surface area contributed by atoms with Crippen molar-refractivity contribution in [3.63, 3.8) is 0 Å².